The van der Waals surface area contributed by atoms with Gasteiger partial charge in [0, 0.05) is 12.4 Å². The van der Waals surface area contributed by atoms with Crippen LogP contribution in [0.2, 0.25) is 0 Å². The third-order valence-corrected chi connectivity index (χ3v) is 3.59. The molecule has 1 aromatic heterocycles. The average molecular weight is 278 g/mol. The maximum absolute atomic E-state index is 5.75. The Labute approximate surface area is 124 Å². The molecule has 0 unspecified atom stereocenters. The minimum Gasteiger partial charge on any atom is -0.372 e. The van der Waals surface area contributed by atoms with Gasteiger partial charge in [-0.05, 0) is 30.0 Å². The van der Waals surface area contributed by atoms with Crippen molar-refractivity contribution in [2.75, 3.05) is 18.1 Å². The zero-order valence-corrected chi connectivity index (χ0v) is 12.0. The molecule has 3 aromatic rings. The number of nitrogen functional groups attached to an aromatic ring is 1. The molecule has 4 nitrogen and oxygen atoms in total. The SMILES string of the molecule is CNc1nc(N)nc2cccc(CCc3ccccc3)c12. The van der Waals surface area contributed by atoms with E-state index in [1.54, 1.807) is 0 Å². The zero-order valence-electron chi connectivity index (χ0n) is 12.0. The molecule has 3 rings (SSSR count). The number of rotatable bonds is 4. The summed E-state index contributed by atoms with van der Waals surface area (Å²) in [5.41, 5.74) is 9.21. The Balaban J connectivity index is 1.98. The van der Waals surface area contributed by atoms with Gasteiger partial charge in [0.1, 0.15) is 5.82 Å². The van der Waals surface area contributed by atoms with Crippen LogP contribution < -0.4 is 11.1 Å². The van der Waals surface area contributed by atoms with E-state index in [1.165, 1.54) is 11.1 Å². The van der Waals surface area contributed by atoms with Gasteiger partial charge in [0.15, 0.2) is 0 Å². The number of anilines is 2. The Kier molecular flexibility index (Phi) is 3.69. The fraction of sp³-hybridized carbons (Fsp3) is 0.176. The lowest BCUT2D eigenvalue weighted by Crippen LogP contribution is -2.03. The average Bonchev–Trinajstić information content (AvgIpc) is 2.52. The van der Waals surface area contributed by atoms with E-state index in [0.29, 0.717) is 5.95 Å². The number of aryl methyl sites for hydroxylation is 2. The molecule has 0 aliphatic carbocycles. The molecule has 0 fully saturated rings. The number of fused-ring (bicyclic) bond motifs is 1. The first-order chi connectivity index (χ1) is 10.3. The van der Waals surface area contributed by atoms with Crippen molar-refractivity contribution in [3.8, 4) is 0 Å². The minimum absolute atomic E-state index is 0.298. The molecule has 0 saturated heterocycles. The first-order valence-corrected chi connectivity index (χ1v) is 7.04. The van der Waals surface area contributed by atoms with Gasteiger partial charge in [0.25, 0.3) is 0 Å². The zero-order chi connectivity index (χ0) is 14.7. The molecule has 2 aromatic carbocycles. The molecule has 0 saturated carbocycles. The predicted octanol–water partition coefficient (Wildman–Crippen LogP) is 3.04. The Morgan fingerprint density at radius 3 is 2.52 bits per heavy atom. The Bertz CT molecular complexity index is 753. The lowest BCUT2D eigenvalue weighted by atomic mass is 10.0. The normalized spacial score (nSPS) is 10.7. The third kappa shape index (κ3) is 2.79. The number of nitrogens with two attached hydrogens (primary N) is 1. The van der Waals surface area contributed by atoms with Gasteiger partial charge in [-0.2, -0.15) is 4.98 Å². The number of nitrogens with zero attached hydrogens (tertiary/aromatic N) is 2. The van der Waals surface area contributed by atoms with Gasteiger partial charge in [-0.3, -0.25) is 0 Å². The summed E-state index contributed by atoms with van der Waals surface area (Å²) in [5.74, 6) is 1.09. The molecule has 0 radical (unpaired) electrons. The van der Waals surface area contributed by atoms with Crippen molar-refractivity contribution >= 4 is 22.7 Å². The van der Waals surface area contributed by atoms with E-state index in [0.717, 1.165) is 29.6 Å². The molecule has 0 aliphatic heterocycles. The van der Waals surface area contributed by atoms with E-state index < -0.39 is 0 Å². The Morgan fingerprint density at radius 1 is 0.952 bits per heavy atom. The molecule has 0 spiro atoms. The summed E-state index contributed by atoms with van der Waals surface area (Å²) in [6, 6.07) is 16.6. The van der Waals surface area contributed by atoms with E-state index in [1.807, 2.05) is 25.2 Å². The first kappa shape index (κ1) is 13.4. The molecular weight excluding hydrogens is 260 g/mol. The third-order valence-electron chi connectivity index (χ3n) is 3.59. The van der Waals surface area contributed by atoms with Crippen LogP contribution in [-0.4, -0.2) is 17.0 Å². The van der Waals surface area contributed by atoms with Crippen molar-refractivity contribution in [2.45, 2.75) is 12.8 Å². The van der Waals surface area contributed by atoms with Crippen molar-refractivity contribution in [1.29, 1.82) is 0 Å². The number of hydrogen-bond acceptors (Lipinski definition) is 4. The summed E-state index contributed by atoms with van der Waals surface area (Å²) in [5, 5.41) is 4.18. The van der Waals surface area contributed by atoms with Crippen molar-refractivity contribution in [3.63, 3.8) is 0 Å². The van der Waals surface area contributed by atoms with Crippen LogP contribution in [-0.2, 0) is 12.8 Å². The van der Waals surface area contributed by atoms with Gasteiger partial charge in [0.2, 0.25) is 5.95 Å². The highest BCUT2D eigenvalue weighted by Gasteiger charge is 2.09. The number of benzene rings is 2. The first-order valence-electron chi connectivity index (χ1n) is 7.04. The molecule has 4 heteroatoms. The Hall–Kier alpha value is -2.62. The van der Waals surface area contributed by atoms with Crippen molar-refractivity contribution in [3.05, 3.63) is 59.7 Å². The smallest absolute Gasteiger partial charge is 0.222 e. The maximum Gasteiger partial charge on any atom is 0.222 e. The number of nitrogens with one attached hydrogen (secondary N) is 1. The molecule has 0 aliphatic rings. The quantitative estimate of drug-likeness (QED) is 0.770. The molecule has 3 N–H and O–H groups in total. The van der Waals surface area contributed by atoms with Crippen LogP contribution in [0.4, 0.5) is 11.8 Å². The molecular formula is C17H18N4. The van der Waals surface area contributed by atoms with Crippen LogP contribution in [0.3, 0.4) is 0 Å². The topological polar surface area (TPSA) is 63.8 Å². The Morgan fingerprint density at radius 2 is 1.76 bits per heavy atom. The molecule has 21 heavy (non-hydrogen) atoms. The van der Waals surface area contributed by atoms with Crippen LogP contribution in [0.5, 0.6) is 0 Å². The van der Waals surface area contributed by atoms with E-state index in [9.17, 15) is 0 Å². The van der Waals surface area contributed by atoms with Gasteiger partial charge in [-0.15, -0.1) is 0 Å². The van der Waals surface area contributed by atoms with Crippen molar-refractivity contribution in [2.24, 2.45) is 0 Å². The van der Waals surface area contributed by atoms with Gasteiger partial charge in [-0.1, -0.05) is 42.5 Å². The highest BCUT2D eigenvalue weighted by atomic mass is 15.1. The largest absolute Gasteiger partial charge is 0.372 e. The number of hydrogen-bond donors (Lipinski definition) is 2. The van der Waals surface area contributed by atoms with E-state index in [4.69, 9.17) is 5.73 Å². The lowest BCUT2D eigenvalue weighted by molar-refractivity contribution is 0.967. The fourth-order valence-electron chi connectivity index (χ4n) is 2.58. The summed E-state index contributed by atoms with van der Waals surface area (Å²) >= 11 is 0. The van der Waals surface area contributed by atoms with Crippen LogP contribution >= 0.6 is 0 Å². The summed E-state index contributed by atoms with van der Waals surface area (Å²) in [7, 11) is 1.86. The summed E-state index contributed by atoms with van der Waals surface area (Å²) in [6.45, 7) is 0. The minimum atomic E-state index is 0.298. The van der Waals surface area contributed by atoms with Gasteiger partial charge in [-0.25, -0.2) is 4.98 Å². The monoisotopic (exact) mass is 278 g/mol. The highest BCUT2D eigenvalue weighted by Crippen LogP contribution is 2.26. The second-order valence-corrected chi connectivity index (χ2v) is 4.98. The highest BCUT2D eigenvalue weighted by molar-refractivity contribution is 5.92. The van der Waals surface area contributed by atoms with Gasteiger partial charge < -0.3 is 11.1 Å². The standard InChI is InChI=1S/C17H18N4/c1-19-16-15-13(11-10-12-6-3-2-4-7-12)8-5-9-14(15)20-17(18)21-16/h2-9H,10-11H2,1H3,(H3,18,19,20,21). The maximum atomic E-state index is 5.75. The van der Waals surface area contributed by atoms with E-state index in [-0.39, 0.29) is 0 Å². The summed E-state index contributed by atoms with van der Waals surface area (Å²) in [4.78, 5) is 8.62. The molecule has 1 heterocycles. The van der Waals surface area contributed by atoms with Gasteiger partial charge >= 0.3 is 0 Å². The fourth-order valence-corrected chi connectivity index (χ4v) is 2.58. The van der Waals surface area contributed by atoms with Crippen LogP contribution in [0, 0.1) is 0 Å². The van der Waals surface area contributed by atoms with E-state index >= 15 is 0 Å². The summed E-state index contributed by atoms with van der Waals surface area (Å²) < 4.78 is 0. The van der Waals surface area contributed by atoms with Crippen LogP contribution in [0.25, 0.3) is 10.9 Å². The molecule has 0 atom stereocenters. The molecule has 0 bridgehead atoms. The van der Waals surface area contributed by atoms with Crippen molar-refractivity contribution in [1.82, 2.24) is 9.97 Å². The lowest BCUT2D eigenvalue weighted by Gasteiger charge is -2.11. The second-order valence-electron chi connectivity index (χ2n) is 4.98. The van der Waals surface area contributed by atoms with E-state index in [2.05, 4.69) is 45.6 Å². The van der Waals surface area contributed by atoms with Gasteiger partial charge in [0.05, 0.1) is 5.52 Å². The molecule has 106 valence electrons. The van der Waals surface area contributed by atoms with Crippen LogP contribution in [0.1, 0.15) is 11.1 Å². The second kappa shape index (κ2) is 5.79. The molecule has 0 amide bonds. The predicted molar refractivity (Wildman–Crippen MR) is 87.3 cm³/mol. The van der Waals surface area contributed by atoms with Crippen molar-refractivity contribution < 1.29 is 0 Å². The number of aromatic nitrogens is 2. The van der Waals surface area contributed by atoms with Crippen LogP contribution in [0.15, 0.2) is 48.5 Å². The summed E-state index contributed by atoms with van der Waals surface area (Å²) in [6.07, 6.45) is 1.94.